The van der Waals surface area contributed by atoms with Crippen molar-refractivity contribution in [3.8, 4) is 0 Å². The summed E-state index contributed by atoms with van der Waals surface area (Å²) >= 11 is 1.53. The van der Waals surface area contributed by atoms with Gasteiger partial charge in [-0.1, -0.05) is 6.07 Å². The van der Waals surface area contributed by atoms with Crippen LogP contribution in [0.5, 0.6) is 0 Å². The fraction of sp³-hybridized carbons (Fsp3) is 0.176. The topological polar surface area (TPSA) is 91.6 Å². The van der Waals surface area contributed by atoms with E-state index in [0.29, 0.717) is 17.7 Å². The quantitative estimate of drug-likeness (QED) is 0.620. The molecule has 0 saturated heterocycles. The second-order valence-corrected chi connectivity index (χ2v) is 6.17. The molecule has 0 spiro atoms. The van der Waals surface area contributed by atoms with Crippen molar-refractivity contribution in [3.05, 3.63) is 63.1 Å². The Morgan fingerprint density at radius 1 is 1.25 bits per heavy atom. The zero-order valence-corrected chi connectivity index (χ0v) is 13.5. The molecule has 2 aromatic heterocycles. The van der Waals surface area contributed by atoms with Crippen molar-refractivity contribution in [1.82, 2.24) is 5.32 Å². The number of benzene rings is 1. The Morgan fingerprint density at radius 2 is 2.12 bits per heavy atom. The number of amides is 2. The van der Waals surface area contributed by atoms with Crippen LogP contribution in [0.25, 0.3) is 11.0 Å². The van der Waals surface area contributed by atoms with E-state index in [9.17, 15) is 14.7 Å². The van der Waals surface area contributed by atoms with Crippen molar-refractivity contribution in [2.75, 3.05) is 11.9 Å². The van der Waals surface area contributed by atoms with Gasteiger partial charge >= 0.3 is 11.7 Å². The molecule has 3 aromatic rings. The van der Waals surface area contributed by atoms with Crippen LogP contribution < -0.4 is 16.3 Å². The summed E-state index contributed by atoms with van der Waals surface area (Å²) in [4.78, 5) is 24.4. The van der Waals surface area contributed by atoms with Gasteiger partial charge in [0.1, 0.15) is 5.58 Å². The number of aliphatic hydroxyl groups excluding tert-OH is 1. The molecule has 124 valence electrons. The number of nitrogens with one attached hydrogen (secondary N) is 2. The molecule has 0 fully saturated rings. The Labute approximate surface area is 141 Å². The van der Waals surface area contributed by atoms with E-state index in [2.05, 4.69) is 10.6 Å². The molecule has 0 aliphatic heterocycles. The van der Waals surface area contributed by atoms with Crippen molar-refractivity contribution in [1.29, 1.82) is 0 Å². The maximum absolute atomic E-state index is 12.2. The van der Waals surface area contributed by atoms with Crippen LogP contribution in [0.2, 0.25) is 0 Å². The number of carbonyl (C=O) groups excluding carboxylic acids is 1. The van der Waals surface area contributed by atoms with Crippen LogP contribution in [0, 0.1) is 0 Å². The van der Waals surface area contributed by atoms with Gasteiger partial charge in [0.05, 0.1) is 6.04 Å². The van der Waals surface area contributed by atoms with Crippen molar-refractivity contribution >= 4 is 34.0 Å². The normalized spacial score (nSPS) is 12.0. The van der Waals surface area contributed by atoms with Gasteiger partial charge in [0, 0.05) is 28.6 Å². The number of hydrogen-bond donors (Lipinski definition) is 3. The third-order valence-corrected chi connectivity index (χ3v) is 4.47. The molecule has 0 bridgehead atoms. The first-order chi connectivity index (χ1) is 11.7. The van der Waals surface area contributed by atoms with Crippen LogP contribution in [0.3, 0.4) is 0 Å². The van der Waals surface area contributed by atoms with Crippen LogP contribution >= 0.6 is 11.3 Å². The third-order valence-electron chi connectivity index (χ3n) is 3.49. The summed E-state index contributed by atoms with van der Waals surface area (Å²) in [5.74, 6) is 0. The predicted molar refractivity (Wildman–Crippen MR) is 93.4 cm³/mol. The molecular weight excluding hydrogens is 328 g/mol. The van der Waals surface area contributed by atoms with E-state index in [-0.39, 0.29) is 18.7 Å². The number of urea groups is 1. The minimum absolute atomic E-state index is 0.0160. The number of thiophene rings is 1. The molecule has 0 saturated carbocycles. The lowest BCUT2D eigenvalue weighted by Gasteiger charge is -2.17. The van der Waals surface area contributed by atoms with Gasteiger partial charge < -0.3 is 20.2 Å². The van der Waals surface area contributed by atoms with Gasteiger partial charge in [0.2, 0.25) is 0 Å². The maximum atomic E-state index is 12.2. The highest BCUT2D eigenvalue weighted by molar-refractivity contribution is 7.10. The number of carbonyl (C=O) groups is 1. The summed E-state index contributed by atoms with van der Waals surface area (Å²) in [7, 11) is 0. The number of hydrogen-bond acceptors (Lipinski definition) is 5. The molecule has 7 heteroatoms. The van der Waals surface area contributed by atoms with Crippen molar-refractivity contribution in [3.63, 3.8) is 0 Å². The SMILES string of the molecule is O=C(Nc1ccc2oc(=O)ccc2c1)N[C@@H](CCO)c1cccs1. The van der Waals surface area contributed by atoms with Crippen molar-refractivity contribution in [2.24, 2.45) is 0 Å². The van der Waals surface area contributed by atoms with Crippen LogP contribution in [-0.4, -0.2) is 17.7 Å². The van der Waals surface area contributed by atoms with Gasteiger partial charge in [-0.15, -0.1) is 11.3 Å². The summed E-state index contributed by atoms with van der Waals surface area (Å²) < 4.78 is 5.06. The Hall–Kier alpha value is -2.64. The Morgan fingerprint density at radius 3 is 2.88 bits per heavy atom. The number of fused-ring (bicyclic) bond motifs is 1. The summed E-state index contributed by atoms with van der Waals surface area (Å²) in [6.07, 6.45) is 0.441. The molecule has 6 nitrogen and oxygen atoms in total. The van der Waals surface area contributed by atoms with E-state index in [4.69, 9.17) is 4.42 Å². The van der Waals surface area contributed by atoms with Crippen molar-refractivity contribution in [2.45, 2.75) is 12.5 Å². The molecule has 24 heavy (non-hydrogen) atoms. The number of rotatable bonds is 5. The Kier molecular flexibility index (Phi) is 4.93. The lowest BCUT2D eigenvalue weighted by molar-refractivity contribution is 0.239. The molecule has 3 rings (SSSR count). The smallest absolute Gasteiger partial charge is 0.336 e. The minimum atomic E-state index is -0.413. The maximum Gasteiger partial charge on any atom is 0.336 e. The Bertz CT molecular complexity index is 889. The second kappa shape index (κ2) is 7.29. The van der Waals surface area contributed by atoms with Gasteiger partial charge in [-0.25, -0.2) is 9.59 Å². The van der Waals surface area contributed by atoms with Gasteiger partial charge in [-0.2, -0.15) is 0 Å². The molecule has 0 radical (unpaired) electrons. The fourth-order valence-corrected chi connectivity index (χ4v) is 3.19. The standard InChI is InChI=1S/C17H16N2O4S/c20-8-7-13(15-2-1-9-24-15)19-17(22)18-12-4-5-14-11(10-12)3-6-16(21)23-14/h1-6,9-10,13,20H,7-8H2,(H2,18,19,22)/t13-/m0/s1. The molecule has 1 aromatic carbocycles. The zero-order chi connectivity index (χ0) is 16.9. The van der Waals surface area contributed by atoms with E-state index in [0.717, 1.165) is 10.3 Å². The molecule has 3 N–H and O–H groups in total. The number of aliphatic hydroxyl groups is 1. The molecule has 0 aliphatic carbocycles. The van der Waals surface area contributed by atoms with Crippen molar-refractivity contribution < 1.29 is 14.3 Å². The van der Waals surface area contributed by atoms with E-state index in [1.807, 2.05) is 17.5 Å². The molecule has 0 aliphatic rings. The molecule has 2 amide bonds. The molecule has 0 unspecified atom stereocenters. The van der Waals surface area contributed by atoms with E-state index in [1.165, 1.54) is 17.4 Å². The fourth-order valence-electron chi connectivity index (χ4n) is 2.38. The van der Waals surface area contributed by atoms with E-state index >= 15 is 0 Å². The van der Waals surface area contributed by atoms with E-state index in [1.54, 1.807) is 24.3 Å². The summed E-state index contributed by atoms with van der Waals surface area (Å²) in [6, 6.07) is 11.2. The van der Waals surface area contributed by atoms with Crippen LogP contribution in [0.15, 0.2) is 57.1 Å². The first kappa shape index (κ1) is 16.2. The summed E-state index contributed by atoms with van der Waals surface area (Å²) in [5.41, 5.74) is 0.636. The average molecular weight is 344 g/mol. The van der Waals surface area contributed by atoms with Crippen LogP contribution in [0.4, 0.5) is 10.5 Å². The highest BCUT2D eigenvalue weighted by atomic mass is 32.1. The first-order valence-electron chi connectivity index (χ1n) is 7.41. The highest BCUT2D eigenvalue weighted by Crippen LogP contribution is 2.22. The minimum Gasteiger partial charge on any atom is -0.423 e. The lowest BCUT2D eigenvalue weighted by atomic mass is 10.2. The lowest BCUT2D eigenvalue weighted by Crippen LogP contribution is -2.32. The monoisotopic (exact) mass is 344 g/mol. The molecule has 2 heterocycles. The number of anilines is 1. The first-order valence-corrected chi connectivity index (χ1v) is 8.29. The van der Waals surface area contributed by atoms with E-state index < -0.39 is 5.63 Å². The Balaban J connectivity index is 1.71. The zero-order valence-electron chi connectivity index (χ0n) is 12.7. The molecular formula is C17H16N2O4S. The highest BCUT2D eigenvalue weighted by Gasteiger charge is 2.15. The van der Waals surface area contributed by atoms with Crippen LogP contribution in [-0.2, 0) is 0 Å². The summed E-state index contributed by atoms with van der Waals surface area (Å²) in [5, 5.41) is 17.4. The second-order valence-electron chi connectivity index (χ2n) is 5.19. The van der Waals surface area contributed by atoms with Gasteiger partial charge in [-0.3, -0.25) is 0 Å². The third kappa shape index (κ3) is 3.81. The largest absolute Gasteiger partial charge is 0.423 e. The van der Waals surface area contributed by atoms with Gasteiger partial charge in [-0.05, 0) is 42.1 Å². The summed E-state index contributed by atoms with van der Waals surface area (Å²) in [6.45, 7) is -0.0160. The van der Waals surface area contributed by atoms with Crippen LogP contribution in [0.1, 0.15) is 17.3 Å². The molecule has 1 atom stereocenters. The van der Waals surface area contributed by atoms with Gasteiger partial charge in [0.15, 0.2) is 0 Å². The predicted octanol–water partition coefficient (Wildman–Crippen LogP) is 3.10. The average Bonchev–Trinajstić information content (AvgIpc) is 3.09. The van der Waals surface area contributed by atoms with Gasteiger partial charge in [0.25, 0.3) is 0 Å².